The Kier molecular flexibility index (Phi) is 3.65. The third-order valence-corrected chi connectivity index (χ3v) is 3.27. The Labute approximate surface area is 112 Å². The van der Waals surface area contributed by atoms with E-state index in [2.05, 4.69) is 4.98 Å². The van der Waals surface area contributed by atoms with E-state index in [1.54, 1.807) is 11.6 Å². The van der Waals surface area contributed by atoms with Crippen molar-refractivity contribution in [1.82, 2.24) is 9.38 Å². The molecule has 2 rings (SSSR count). The number of aliphatic carboxylic acids is 1. The number of hydrogen-bond donors (Lipinski definition) is 1. The zero-order valence-corrected chi connectivity index (χ0v) is 11.0. The van der Waals surface area contributed by atoms with Crippen LogP contribution in [0.5, 0.6) is 0 Å². The lowest BCUT2D eigenvalue weighted by molar-refractivity contribution is -0.389. The maximum Gasteiger partial charge on any atom is 0.373 e. The van der Waals surface area contributed by atoms with E-state index < -0.39 is 10.9 Å². The second kappa shape index (κ2) is 5.22. The number of rotatable bonds is 6. The number of anilines is 1. The minimum Gasteiger partial charge on any atom is -0.480 e. The Morgan fingerprint density at radius 1 is 1.68 bits per heavy atom. The molecule has 0 saturated carbocycles. The number of carbonyl (C=O) groups is 1. The van der Waals surface area contributed by atoms with Gasteiger partial charge in [0.15, 0.2) is 0 Å². The summed E-state index contributed by atoms with van der Waals surface area (Å²) in [4.78, 5) is 27.5. The second-order valence-electron chi connectivity index (χ2n) is 3.89. The molecule has 8 nitrogen and oxygen atoms in total. The fourth-order valence-electron chi connectivity index (χ4n) is 1.84. The second-order valence-corrected chi connectivity index (χ2v) is 4.76. The normalized spacial score (nSPS) is 10.8. The minimum atomic E-state index is -1.04. The molecule has 0 aromatic carbocycles. The van der Waals surface area contributed by atoms with Crippen LogP contribution in [0.25, 0.3) is 4.96 Å². The standard InChI is InChI=1S/C10H12N4O4S/c1-2-3-12(6-7(15)16)8-9(14(17)18)13-4-5-19-10(13)11-8/h4-5H,2-3,6H2,1H3,(H,15,16). The van der Waals surface area contributed by atoms with Gasteiger partial charge < -0.3 is 20.1 Å². The van der Waals surface area contributed by atoms with Crippen LogP contribution in [-0.4, -0.2) is 38.5 Å². The molecule has 0 amide bonds. The lowest BCUT2D eigenvalue weighted by Crippen LogP contribution is -2.31. The summed E-state index contributed by atoms with van der Waals surface area (Å²) >= 11 is 1.27. The maximum atomic E-state index is 11.2. The largest absolute Gasteiger partial charge is 0.480 e. The molecule has 0 fully saturated rings. The molecule has 2 aromatic rings. The van der Waals surface area contributed by atoms with Crippen molar-refractivity contribution in [2.75, 3.05) is 18.0 Å². The first kappa shape index (κ1) is 13.3. The molecule has 0 bridgehead atoms. The van der Waals surface area contributed by atoms with Gasteiger partial charge in [0.2, 0.25) is 5.82 Å². The van der Waals surface area contributed by atoms with Crippen molar-refractivity contribution in [1.29, 1.82) is 0 Å². The van der Waals surface area contributed by atoms with Crippen molar-refractivity contribution in [3.63, 3.8) is 0 Å². The minimum absolute atomic E-state index is 0.112. The molecule has 19 heavy (non-hydrogen) atoms. The molecule has 0 radical (unpaired) electrons. The highest BCUT2D eigenvalue weighted by Crippen LogP contribution is 2.30. The van der Waals surface area contributed by atoms with Gasteiger partial charge in [-0.2, -0.15) is 9.38 Å². The topological polar surface area (TPSA) is 101 Å². The molecule has 0 unspecified atom stereocenters. The van der Waals surface area contributed by atoms with Crippen molar-refractivity contribution in [3.8, 4) is 0 Å². The van der Waals surface area contributed by atoms with E-state index in [0.29, 0.717) is 17.9 Å². The fraction of sp³-hybridized carbons (Fsp3) is 0.400. The smallest absolute Gasteiger partial charge is 0.373 e. The van der Waals surface area contributed by atoms with Gasteiger partial charge in [-0.1, -0.05) is 18.3 Å². The van der Waals surface area contributed by atoms with Crippen molar-refractivity contribution >= 4 is 33.9 Å². The average Bonchev–Trinajstić information content (AvgIpc) is 2.85. The van der Waals surface area contributed by atoms with E-state index >= 15 is 0 Å². The Balaban J connectivity index is 2.51. The van der Waals surface area contributed by atoms with Crippen molar-refractivity contribution in [2.45, 2.75) is 13.3 Å². The average molecular weight is 284 g/mol. The van der Waals surface area contributed by atoms with E-state index in [0.717, 1.165) is 0 Å². The number of carboxylic acids is 1. The number of hydrogen-bond acceptors (Lipinski definition) is 6. The Bertz CT molecular complexity index is 620. The van der Waals surface area contributed by atoms with Crippen molar-refractivity contribution in [2.24, 2.45) is 0 Å². The van der Waals surface area contributed by atoms with Crippen molar-refractivity contribution in [3.05, 3.63) is 21.7 Å². The van der Waals surface area contributed by atoms with Gasteiger partial charge in [-0.3, -0.25) is 4.79 Å². The third-order valence-electron chi connectivity index (χ3n) is 2.51. The molecular weight excluding hydrogens is 272 g/mol. The zero-order chi connectivity index (χ0) is 14.0. The summed E-state index contributed by atoms with van der Waals surface area (Å²) in [6, 6.07) is 0. The predicted molar refractivity (Wildman–Crippen MR) is 69.9 cm³/mol. The molecule has 0 spiro atoms. The molecule has 2 aromatic heterocycles. The van der Waals surface area contributed by atoms with Gasteiger partial charge in [-0.15, -0.1) is 0 Å². The summed E-state index contributed by atoms with van der Waals surface area (Å²) in [7, 11) is 0. The molecule has 0 atom stereocenters. The highest BCUT2D eigenvalue weighted by Gasteiger charge is 2.28. The van der Waals surface area contributed by atoms with Crippen LogP contribution in [0.15, 0.2) is 11.6 Å². The first-order valence-corrected chi connectivity index (χ1v) is 6.49. The van der Waals surface area contributed by atoms with Crippen LogP contribution in [-0.2, 0) is 4.79 Å². The van der Waals surface area contributed by atoms with E-state index in [1.165, 1.54) is 20.6 Å². The van der Waals surface area contributed by atoms with Crippen LogP contribution < -0.4 is 4.90 Å². The molecule has 102 valence electrons. The van der Waals surface area contributed by atoms with Crippen molar-refractivity contribution < 1.29 is 14.8 Å². The lowest BCUT2D eigenvalue weighted by atomic mass is 10.4. The maximum absolute atomic E-state index is 11.2. The number of aromatic nitrogens is 2. The molecule has 0 saturated heterocycles. The molecule has 0 aliphatic heterocycles. The molecular formula is C10H12N4O4S. The number of nitro groups is 1. The van der Waals surface area contributed by atoms with Gasteiger partial charge in [-0.25, -0.2) is 0 Å². The highest BCUT2D eigenvalue weighted by atomic mass is 32.1. The number of fused-ring (bicyclic) bond motifs is 1. The molecule has 9 heteroatoms. The predicted octanol–water partition coefficient (Wildman–Crippen LogP) is 1.60. The highest BCUT2D eigenvalue weighted by molar-refractivity contribution is 7.15. The number of thiazole rings is 1. The molecule has 2 heterocycles. The Morgan fingerprint density at radius 2 is 2.42 bits per heavy atom. The third kappa shape index (κ3) is 2.50. The summed E-state index contributed by atoms with van der Waals surface area (Å²) < 4.78 is 1.37. The van der Waals surface area contributed by atoms with Gasteiger partial charge in [-0.05, 0) is 11.3 Å². The summed E-state index contributed by atoms with van der Waals surface area (Å²) in [6.45, 7) is 1.97. The van der Waals surface area contributed by atoms with Gasteiger partial charge in [0.05, 0.1) is 0 Å². The summed E-state index contributed by atoms with van der Waals surface area (Å²) in [6.07, 6.45) is 2.23. The Morgan fingerprint density at radius 3 is 3.00 bits per heavy atom. The molecule has 0 aliphatic rings. The summed E-state index contributed by atoms with van der Waals surface area (Å²) in [5.74, 6) is -1.12. The van der Waals surface area contributed by atoms with Gasteiger partial charge in [0, 0.05) is 11.9 Å². The lowest BCUT2D eigenvalue weighted by Gasteiger charge is -2.18. The first-order valence-electron chi connectivity index (χ1n) is 5.61. The fourth-order valence-corrected chi connectivity index (χ4v) is 2.54. The van der Waals surface area contributed by atoms with Gasteiger partial charge in [0.1, 0.15) is 12.7 Å². The molecule has 0 aliphatic carbocycles. The van der Waals surface area contributed by atoms with Crippen LogP contribution in [0.4, 0.5) is 11.6 Å². The van der Waals surface area contributed by atoms with Crippen LogP contribution in [0.3, 0.4) is 0 Å². The van der Waals surface area contributed by atoms with Crippen LogP contribution in [0, 0.1) is 10.1 Å². The van der Waals surface area contributed by atoms with E-state index in [-0.39, 0.29) is 18.2 Å². The monoisotopic (exact) mass is 284 g/mol. The van der Waals surface area contributed by atoms with E-state index in [1.807, 2.05) is 6.92 Å². The Hall–Kier alpha value is -2.16. The van der Waals surface area contributed by atoms with Crippen LogP contribution >= 0.6 is 11.3 Å². The number of imidazole rings is 1. The SMILES string of the molecule is CCCN(CC(=O)O)c1nc2sccn2c1[N+](=O)[O-]. The van der Waals surface area contributed by atoms with Crippen LogP contribution in [0.2, 0.25) is 0 Å². The summed E-state index contributed by atoms with van der Waals surface area (Å²) in [5.41, 5.74) is 0. The summed E-state index contributed by atoms with van der Waals surface area (Å²) in [5, 5.41) is 21.7. The van der Waals surface area contributed by atoms with Crippen LogP contribution in [0.1, 0.15) is 13.3 Å². The zero-order valence-electron chi connectivity index (χ0n) is 10.1. The van der Waals surface area contributed by atoms with Gasteiger partial charge >= 0.3 is 11.8 Å². The quantitative estimate of drug-likeness (QED) is 0.638. The van der Waals surface area contributed by atoms with E-state index in [4.69, 9.17) is 5.11 Å². The number of nitrogens with zero attached hydrogens (tertiary/aromatic N) is 4. The van der Waals surface area contributed by atoms with Gasteiger partial charge in [0.25, 0.3) is 4.96 Å². The van der Waals surface area contributed by atoms with E-state index in [9.17, 15) is 14.9 Å². The molecule has 1 N–H and O–H groups in total. The first-order chi connectivity index (χ1) is 9.04. The number of carboxylic acid groups (broad SMARTS) is 1.